The molecule has 0 bridgehead atoms. The van der Waals surface area contributed by atoms with Crippen LogP contribution in [0.15, 0.2) is 47.8 Å². The second-order valence-electron chi connectivity index (χ2n) is 3.35. The fourth-order valence-electron chi connectivity index (χ4n) is 1.45. The fourth-order valence-corrected chi connectivity index (χ4v) is 1.45. The zero-order chi connectivity index (χ0) is 11.4. The van der Waals surface area contributed by atoms with Crippen LogP contribution in [0.4, 0.5) is 0 Å². The fraction of sp³-hybridized carbons (Fsp3) is 0.250. The Morgan fingerprint density at radius 3 is 2.81 bits per heavy atom. The maximum Gasteiger partial charge on any atom is 0.377 e. The Morgan fingerprint density at radius 1 is 1.38 bits per heavy atom. The van der Waals surface area contributed by atoms with Crippen molar-refractivity contribution in [2.45, 2.75) is 12.8 Å². The number of carbonyl (C=O) groups is 1. The van der Waals surface area contributed by atoms with Gasteiger partial charge in [0.05, 0.1) is 7.11 Å². The summed E-state index contributed by atoms with van der Waals surface area (Å²) in [5.41, 5.74) is 1.06. The SMILES string of the molecule is COC(=O)C1=COC(C2=CC=CCC2)=CO1. The van der Waals surface area contributed by atoms with Crippen LogP contribution < -0.4 is 0 Å². The number of hydrogen-bond acceptors (Lipinski definition) is 4. The lowest BCUT2D eigenvalue weighted by Crippen LogP contribution is -2.10. The van der Waals surface area contributed by atoms with E-state index in [9.17, 15) is 4.79 Å². The Labute approximate surface area is 93.5 Å². The second-order valence-corrected chi connectivity index (χ2v) is 3.35. The van der Waals surface area contributed by atoms with Crippen molar-refractivity contribution in [2.24, 2.45) is 0 Å². The minimum atomic E-state index is -0.548. The number of rotatable bonds is 2. The minimum absolute atomic E-state index is 0.0539. The number of esters is 1. The topological polar surface area (TPSA) is 44.8 Å². The zero-order valence-electron chi connectivity index (χ0n) is 8.93. The van der Waals surface area contributed by atoms with E-state index < -0.39 is 5.97 Å². The molecule has 1 aliphatic heterocycles. The standard InChI is InChI=1S/C12H12O4/c1-14-12(13)11-8-15-10(7-16-11)9-5-3-2-4-6-9/h2-3,5,7-8H,4,6H2,1H3. The molecule has 0 fully saturated rings. The van der Waals surface area contributed by atoms with E-state index in [1.165, 1.54) is 19.6 Å². The smallest absolute Gasteiger partial charge is 0.377 e. The van der Waals surface area contributed by atoms with Gasteiger partial charge in [0.2, 0.25) is 5.76 Å². The average molecular weight is 220 g/mol. The molecule has 0 unspecified atom stereocenters. The van der Waals surface area contributed by atoms with Crippen molar-refractivity contribution >= 4 is 5.97 Å². The molecule has 0 atom stereocenters. The van der Waals surface area contributed by atoms with Crippen LogP contribution in [0.2, 0.25) is 0 Å². The molecule has 0 radical (unpaired) electrons. The van der Waals surface area contributed by atoms with E-state index in [0.717, 1.165) is 18.4 Å². The summed E-state index contributed by atoms with van der Waals surface area (Å²) in [6.07, 6.45) is 10.6. The van der Waals surface area contributed by atoms with Crippen LogP contribution in [0, 0.1) is 0 Å². The van der Waals surface area contributed by atoms with Gasteiger partial charge in [0.25, 0.3) is 0 Å². The van der Waals surface area contributed by atoms with Crippen LogP contribution in [0.5, 0.6) is 0 Å². The Balaban J connectivity index is 2.03. The van der Waals surface area contributed by atoms with Crippen molar-refractivity contribution in [1.29, 1.82) is 0 Å². The Bertz CT molecular complexity index is 413. The van der Waals surface area contributed by atoms with Gasteiger partial charge in [-0.1, -0.05) is 18.2 Å². The summed E-state index contributed by atoms with van der Waals surface area (Å²) in [7, 11) is 1.29. The zero-order valence-corrected chi connectivity index (χ0v) is 8.93. The number of methoxy groups -OCH3 is 1. The van der Waals surface area contributed by atoms with Crippen LogP contribution in [-0.4, -0.2) is 13.1 Å². The molecular weight excluding hydrogens is 208 g/mol. The molecule has 0 aromatic rings. The lowest BCUT2D eigenvalue weighted by molar-refractivity contribution is -0.139. The second kappa shape index (κ2) is 4.70. The number of hydrogen-bond donors (Lipinski definition) is 0. The first kappa shape index (κ1) is 10.5. The first-order valence-electron chi connectivity index (χ1n) is 4.99. The molecular formula is C12H12O4. The molecule has 0 N–H and O–H groups in total. The molecule has 16 heavy (non-hydrogen) atoms. The monoisotopic (exact) mass is 220 g/mol. The maximum atomic E-state index is 11.1. The number of ether oxygens (including phenoxy) is 3. The normalized spacial score (nSPS) is 18.7. The van der Waals surface area contributed by atoms with Gasteiger partial charge in [0.1, 0.15) is 12.5 Å². The highest BCUT2D eigenvalue weighted by Gasteiger charge is 2.18. The van der Waals surface area contributed by atoms with E-state index in [-0.39, 0.29) is 5.76 Å². The molecule has 0 aromatic carbocycles. The van der Waals surface area contributed by atoms with Gasteiger partial charge in [-0.25, -0.2) is 4.79 Å². The van der Waals surface area contributed by atoms with E-state index >= 15 is 0 Å². The lowest BCUT2D eigenvalue weighted by Gasteiger charge is -2.16. The van der Waals surface area contributed by atoms with Gasteiger partial charge in [0, 0.05) is 0 Å². The van der Waals surface area contributed by atoms with Crippen molar-refractivity contribution in [2.75, 3.05) is 7.11 Å². The summed E-state index contributed by atoms with van der Waals surface area (Å²) in [5.74, 6) is 0.142. The summed E-state index contributed by atoms with van der Waals surface area (Å²) in [4.78, 5) is 11.1. The molecule has 0 saturated heterocycles. The van der Waals surface area contributed by atoms with E-state index in [1.54, 1.807) is 0 Å². The van der Waals surface area contributed by atoms with Crippen LogP contribution in [0.1, 0.15) is 12.8 Å². The third-order valence-corrected chi connectivity index (χ3v) is 2.30. The van der Waals surface area contributed by atoms with Gasteiger partial charge in [0.15, 0.2) is 5.76 Å². The number of carbonyl (C=O) groups excluding carboxylic acids is 1. The first-order valence-corrected chi connectivity index (χ1v) is 4.99. The number of allylic oxidation sites excluding steroid dienone is 4. The van der Waals surface area contributed by atoms with Gasteiger partial charge < -0.3 is 14.2 Å². The highest BCUT2D eigenvalue weighted by Crippen LogP contribution is 2.25. The first-order chi connectivity index (χ1) is 7.81. The Hall–Kier alpha value is -1.97. The third-order valence-electron chi connectivity index (χ3n) is 2.30. The van der Waals surface area contributed by atoms with Gasteiger partial charge >= 0.3 is 5.97 Å². The predicted octanol–water partition coefficient (Wildman–Crippen LogP) is 2.17. The third kappa shape index (κ3) is 2.16. The van der Waals surface area contributed by atoms with E-state index in [0.29, 0.717) is 5.76 Å². The van der Waals surface area contributed by atoms with Crippen molar-refractivity contribution in [1.82, 2.24) is 0 Å². The van der Waals surface area contributed by atoms with Gasteiger partial charge in [-0.05, 0) is 18.4 Å². The van der Waals surface area contributed by atoms with Gasteiger partial charge in [-0.15, -0.1) is 0 Å². The highest BCUT2D eigenvalue weighted by atomic mass is 16.6. The summed E-state index contributed by atoms with van der Waals surface area (Å²) in [5, 5.41) is 0. The van der Waals surface area contributed by atoms with Gasteiger partial charge in [-0.3, -0.25) is 0 Å². The predicted molar refractivity (Wildman–Crippen MR) is 56.8 cm³/mol. The lowest BCUT2D eigenvalue weighted by atomic mass is 10.0. The minimum Gasteiger partial charge on any atom is -0.463 e. The van der Waals surface area contributed by atoms with Crippen LogP contribution in [0.25, 0.3) is 0 Å². The van der Waals surface area contributed by atoms with E-state index in [4.69, 9.17) is 9.47 Å². The molecule has 0 spiro atoms. The van der Waals surface area contributed by atoms with Crippen LogP contribution in [0.3, 0.4) is 0 Å². The van der Waals surface area contributed by atoms with E-state index in [2.05, 4.69) is 10.8 Å². The molecule has 2 aliphatic rings. The summed E-state index contributed by atoms with van der Waals surface area (Å²) < 4.78 is 15.0. The van der Waals surface area contributed by atoms with Crippen molar-refractivity contribution in [3.63, 3.8) is 0 Å². The molecule has 2 rings (SSSR count). The highest BCUT2D eigenvalue weighted by molar-refractivity contribution is 5.86. The molecule has 1 heterocycles. The van der Waals surface area contributed by atoms with Crippen LogP contribution in [-0.2, 0) is 19.0 Å². The molecule has 84 valence electrons. The van der Waals surface area contributed by atoms with Gasteiger partial charge in [-0.2, -0.15) is 0 Å². The molecule has 4 heteroatoms. The summed E-state index contributed by atoms with van der Waals surface area (Å²) in [6.45, 7) is 0. The Morgan fingerprint density at radius 2 is 2.25 bits per heavy atom. The van der Waals surface area contributed by atoms with Crippen LogP contribution >= 0.6 is 0 Å². The largest absolute Gasteiger partial charge is 0.463 e. The van der Waals surface area contributed by atoms with Crippen molar-refractivity contribution in [3.8, 4) is 0 Å². The molecule has 4 nitrogen and oxygen atoms in total. The van der Waals surface area contributed by atoms with Crippen molar-refractivity contribution in [3.05, 3.63) is 47.8 Å². The molecule has 0 saturated carbocycles. The average Bonchev–Trinajstić information content (AvgIpc) is 2.39. The summed E-state index contributed by atoms with van der Waals surface area (Å²) in [6, 6.07) is 0. The quantitative estimate of drug-likeness (QED) is 0.669. The molecule has 0 amide bonds. The van der Waals surface area contributed by atoms with E-state index in [1.807, 2.05) is 12.2 Å². The molecule has 0 aromatic heterocycles. The molecule has 1 aliphatic carbocycles. The van der Waals surface area contributed by atoms with Crippen molar-refractivity contribution < 1.29 is 19.0 Å². The Kier molecular flexibility index (Phi) is 3.10. The summed E-state index contributed by atoms with van der Waals surface area (Å²) >= 11 is 0. The maximum absolute atomic E-state index is 11.1.